The fourth-order valence-corrected chi connectivity index (χ4v) is 2.01. The summed E-state index contributed by atoms with van der Waals surface area (Å²) in [6.07, 6.45) is 0.880. The monoisotopic (exact) mass is 258 g/mol. The van der Waals surface area contributed by atoms with Crippen molar-refractivity contribution in [3.63, 3.8) is 0 Å². The molecule has 1 aromatic rings. The number of aromatic nitrogens is 2. The topological polar surface area (TPSA) is 33.1 Å². The first-order valence-electron chi connectivity index (χ1n) is 6.19. The summed E-state index contributed by atoms with van der Waals surface area (Å²) < 4.78 is 1.87. The molecule has 0 atom stereocenters. The lowest BCUT2D eigenvalue weighted by Gasteiger charge is -2.14. The van der Waals surface area contributed by atoms with E-state index in [1.54, 1.807) is 0 Å². The number of aryl methyl sites for hydroxylation is 2. The fraction of sp³-hybridized carbons (Fsp3) is 0.750. The lowest BCUT2D eigenvalue weighted by atomic mass is 10.3. The maximum Gasteiger partial charge on any atom is 0.0863 e. The van der Waals surface area contributed by atoms with Crippen molar-refractivity contribution in [3.8, 4) is 0 Å². The van der Waals surface area contributed by atoms with Gasteiger partial charge in [0.15, 0.2) is 0 Å². The molecule has 98 valence electrons. The highest BCUT2D eigenvalue weighted by Gasteiger charge is 2.11. The lowest BCUT2D eigenvalue weighted by molar-refractivity contribution is 0.348. The summed E-state index contributed by atoms with van der Waals surface area (Å²) in [6, 6.07) is 0. The van der Waals surface area contributed by atoms with Crippen LogP contribution in [0, 0.1) is 0 Å². The minimum absolute atomic E-state index is 0.778. The molecule has 1 heterocycles. The van der Waals surface area contributed by atoms with Gasteiger partial charge in [-0.05, 0) is 20.0 Å². The van der Waals surface area contributed by atoms with Crippen molar-refractivity contribution >= 4 is 11.6 Å². The number of rotatable bonds is 7. The third kappa shape index (κ3) is 3.98. The number of likely N-dealkylation sites (N-methyl/N-ethyl adjacent to an activating group) is 1. The smallest absolute Gasteiger partial charge is 0.0863 e. The number of halogens is 1. The predicted octanol–water partition coefficient (Wildman–Crippen LogP) is 1.68. The first-order valence-corrected chi connectivity index (χ1v) is 6.57. The zero-order valence-electron chi connectivity index (χ0n) is 11.3. The SMILES string of the molecule is CCc1nn(C)c(CNCCN(C)CC)c1Cl. The molecule has 0 radical (unpaired) electrons. The summed E-state index contributed by atoms with van der Waals surface area (Å²) in [7, 11) is 4.06. The van der Waals surface area contributed by atoms with Gasteiger partial charge in [-0.15, -0.1) is 0 Å². The van der Waals surface area contributed by atoms with Gasteiger partial charge in [-0.3, -0.25) is 4.68 Å². The Morgan fingerprint density at radius 2 is 2.12 bits per heavy atom. The molecule has 0 aromatic carbocycles. The van der Waals surface area contributed by atoms with E-state index in [-0.39, 0.29) is 0 Å². The van der Waals surface area contributed by atoms with E-state index in [9.17, 15) is 0 Å². The number of hydrogen-bond acceptors (Lipinski definition) is 3. The van der Waals surface area contributed by atoms with Gasteiger partial charge in [0, 0.05) is 26.7 Å². The summed E-state index contributed by atoms with van der Waals surface area (Å²) in [6.45, 7) is 8.10. The predicted molar refractivity (Wildman–Crippen MR) is 72.5 cm³/mol. The second kappa shape index (κ2) is 6.99. The van der Waals surface area contributed by atoms with E-state index < -0.39 is 0 Å². The van der Waals surface area contributed by atoms with E-state index in [0.29, 0.717) is 0 Å². The molecule has 0 unspecified atom stereocenters. The Hall–Kier alpha value is -0.580. The molecular weight excluding hydrogens is 236 g/mol. The van der Waals surface area contributed by atoms with Crippen LogP contribution in [0.5, 0.6) is 0 Å². The van der Waals surface area contributed by atoms with Crippen LogP contribution in [0.1, 0.15) is 25.2 Å². The molecule has 0 bridgehead atoms. The molecule has 1 aromatic heterocycles. The molecule has 17 heavy (non-hydrogen) atoms. The maximum atomic E-state index is 6.26. The molecule has 0 saturated carbocycles. The molecule has 5 heteroatoms. The summed E-state index contributed by atoms with van der Waals surface area (Å²) in [5.74, 6) is 0. The lowest BCUT2D eigenvalue weighted by Crippen LogP contribution is -2.29. The first kappa shape index (κ1) is 14.5. The van der Waals surface area contributed by atoms with E-state index in [1.165, 1.54) is 0 Å². The molecule has 0 saturated heterocycles. The van der Waals surface area contributed by atoms with Crippen LogP contribution < -0.4 is 5.32 Å². The fourth-order valence-electron chi connectivity index (χ4n) is 1.65. The van der Waals surface area contributed by atoms with Gasteiger partial charge < -0.3 is 10.2 Å². The molecule has 0 aliphatic carbocycles. The first-order chi connectivity index (χ1) is 8.10. The second-order valence-electron chi connectivity index (χ2n) is 4.26. The van der Waals surface area contributed by atoms with Crippen LogP contribution in [-0.2, 0) is 20.0 Å². The quantitative estimate of drug-likeness (QED) is 0.756. The highest BCUT2D eigenvalue weighted by Crippen LogP contribution is 2.20. The molecule has 1 N–H and O–H groups in total. The van der Waals surface area contributed by atoms with Crippen LogP contribution in [0.3, 0.4) is 0 Å². The Morgan fingerprint density at radius 3 is 2.65 bits per heavy atom. The third-order valence-electron chi connectivity index (χ3n) is 3.01. The summed E-state index contributed by atoms with van der Waals surface area (Å²) in [5.41, 5.74) is 2.05. The molecular formula is C12H23ClN4. The van der Waals surface area contributed by atoms with E-state index in [1.807, 2.05) is 11.7 Å². The van der Waals surface area contributed by atoms with Gasteiger partial charge in [-0.1, -0.05) is 25.4 Å². The van der Waals surface area contributed by atoms with Crippen molar-refractivity contribution in [1.82, 2.24) is 20.0 Å². The van der Waals surface area contributed by atoms with Crippen molar-refractivity contribution < 1.29 is 0 Å². The highest BCUT2D eigenvalue weighted by atomic mass is 35.5. The number of hydrogen-bond donors (Lipinski definition) is 1. The second-order valence-corrected chi connectivity index (χ2v) is 4.64. The van der Waals surface area contributed by atoms with Gasteiger partial charge in [0.05, 0.1) is 16.4 Å². The van der Waals surface area contributed by atoms with Crippen molar-refractivity contribution in [2.75, 3.05) is 26.7 Å². The van der Waals surface area contributed by atoms with Gasteiger partial charge in [-0.25, -0.2) is 0 Å². The van der Waals surface area contributed by atoms with Gasteiger partial charge >= 0.3 is 0 Å². The average molecular weight is 259 g/mol. The van der Waals surface area contributed by atoms with Gasteiger partial charge in [-0.2, -0.15) is 5.10 Å². The van der Waals surface area contributed by atoms with Crippen LogP contribution in [0.25, 0.3) is 0 Å². The summed E-state index contributed by atoms with van der Waals surface area (Å²) in [5, 5.41) is 8.60. The van der Waals surface area contributed by atoms with E-state index >= 15 is 0 Å². The average Bonchev–Trinajstić information content (AvgIpc) is 2.60. The van der Waals surface area contributed by atoms with Crippen LogP contribution in [-0.4, -0.2) is 41.4 Å². The Morgan fingerprint density at radius 1 is 1.41 bits per heavy atom. The molecule has 0 aliphatic rings. The molecule has 0 amide bonds. The molecule has 1 rings (SSSR count). The Bertz CT molecular complexity index is 349. The molecule has 0 fully saturated rings. The largest absolute Gasteiger partial charge is 0.310 e. The minimum atomic E-state index is 0.778. The number of nitrogens with one attached hydrogen (secondary N) is 1. The molecule has 0 aliphatic heterocycles. The minimum Gasteiger partial charge on any atom is -0.310 e. The molecule has 0 spiro atoms. The standard InChI is InChI=1S/C12H23ClN4/c1-5-10-12(13)11(17(4)15-10)9-14-7-8-16(3)6-2/h14H,5-9H2,1-4H3. The van der Waals surface area contributed by atoms with E-state index in [0.717, 1.165) is 49.0 Å². The van der Waals surface area contributed by atoms with Crippen molar-refractivity contribution in [3.05, 3.63) is 16.4 Å². The zero-order chi connectivity index (χ0) is 12.8. The highest BCUT2D eigenvalue weighted by molar-refractivity contribution is 6.31. The van der Waals surface area contributed by atoms with Crippen molar-refractivity contribution in [1.29, 1.82) is 0 Å². The van der Waals surface area contributed by atoms with Crippen LogP contribution in [0.4, 0.5) is 0 Å². The summed E-state index contributed by atoms with van der Waals surface area (Å²) in [4.78, 5) is 2.27. The zero-order valence-corrected chi connectivity index (χ0v) is 12.0. The van der Waals surface area contributed by atoms with Gasteiger partial charge in [0.2, 0.25) is 0 Å². The number of nitrogens with zero attached hydrogens (tertiary/aromatic N) is 3. The van der Waals surface area contributed by atoms with Crippen molar-refractivity contribution in [2.45, 2.75) is 26.8 Å². The van der Waals surface area contributed by atoms with Crippen LogP contribution >= 0.6 is 11.6 Å². The summed E-state index contributed by atoms with van der Waals surface area (Å²) >= 11 is 6.26. The van der Waals surface area contributed by atoms with Gasteiger partial charge in [0.1, 0.15) is 0 Å². The molecule has 4 nitrogen and oxygen atoms in total. The van der Waals surface area contributed by atoms with Gasteiger partial charge in [0.25, 0.3) is 0 Å². The van der Waals surface area contributed by atoms with Crippen LogP contribution in [0.15, 0.2) is 0 Å². The Kier molecular flexibility index (Phi) is 5.95. The van der Waals surface area contributed by atoms with E-state index in [4.69, 9.17) is 11.6 Å². The van der Waals surface area contributed by atoms with Crippen LogP contribution in [0.2, 0.25) is 5.02 Å². The van der Waals surface area contributed by atoms with Crippen molar-refractivity contribution in [2.24, 2.45) is 7.05 Å². The van der Waals surface area contributed by atoms with E-state index in [2.05, 4.69) is 36.2 Å². The third-order valence-corrected chi connectivity index (χ3v) is 3.44. The maximum absolute atomic E-state index is 6.26. The normalized spacial score (nSPS) is 11.4. The Labute approximate surface area is 109 Å². The Balaban J connectivity index is 2.44.